The van der Waals surface area contributed by atoms with Crippen molar-refractivity contribution in [1.82, 2.24) is 0 Å². The minimum Gasteiger partial charge on any atom is -0.394 e. The molecule has 11 nitrogen and oxygen atoms in total. The molecular formula is C10H19N3O8. The van der Waals surface area contributed by atoms with Gasteiger partial charge in [-0.05, 0) is 5.53 Å². The van der Waals surface area contributed by atoms with Crippen LogP contribution in [0.1, 0.15) is 0 Å². The monoisotopic (exact) mass is 309 g/mol. The zero-order chi connectivity index (χ0) is 16.4. The number of aldehydes is 1. The Labute approximate surface area is 119 Å². The van der Waals surface area contributed by atoms with Crippen LogP contribution in [-0.2, 0) is 9.53 Å². The molecule has 0 radical (unpaired) electrons. The number of hydrogen-bond acceptors (Lipinski definition) is 9. The summed E-state index contributed by atoms with van der Waals surface area (Å²) in [6, 6.07) is 0. The highest BCUT2D eigenvalue weighted by Gasteiger charge is 2.41. The Balaban J connectivity index is 0.000000433. The molecule has 1 fully saturated rings. The Morgan fingerprint density at radius 2 is 1.81 bits per heavy atom. The van der Waals surface area contributed by atoms with Crippen LogP contribution in [-0.4, -0.2) is 93.3 Å². The fourth-order valence-electron chi connectivity index (χ4n) is 1.44. The maximum absolute atomic E-state index is 9.58. The Bertz CT molecular complexity index is 351. The van der Waals surface area contributed by atoms with E-state index in [1.54, 1.807) is 0 Å². The number of ether oxygens (including phenoxy) is 1. The number of rotatable bonds is 6. The first-order valence-corrected chi connectivity index (χ1v) is 5.98. The van der Waals surface area contributed by atoms with Gasteiger partial charge in [0.2, 0.25) is 0 Å². The maximum Gasteiger partial charge on any atom is 0.151 e. The summed E-state index contributed by atoms with van der Waals surface area (Å²) < 4.78 is 5.02. The molecule has 0 aliphatic carbocycles. The molecule has 1 aliphatic rings. The van der Waals surface area contributed by atoms with Crippen molar-refractivity contribution < 1.29 is 40.2 Å². The topological polar surface area (TPSA) is 196 Å². The summed E-state index contributed by atoms with van der Waals surface area (Å²) in [5.41, 5.74) is 8.01. The van der Waals surface area contributed by atoms with Crippen LogP contribution < -0.4 is 0 Å². The average Bonchev–Trinajstić information content (AvgIpc) is 2.79. The van der Waals surface area contributed by atoms with E-state index in [0.29, 0.717) is 0 Å². The largest absolute Gasteiger partial charge is 0.394 e. The van der Waals surface area contributed by atoms with Gasteiger partial charge in [0.1, 0.15) is 30.5 Å². The van der Waals surface area contributed by atoms with Crippen molar-refractivity contribution in [3.63, 3.8) is 0 Å². The number of hydrogen-bond donors (Lipinski definition) is 6. The Kier molecular flexibility index (Phi) is 9.78. The molecule has 1 saturated heterocycles. The predicted octanol–water partition coefficient (Wildman–Crippen LogP) is -3.32. The first-order valence-electron chi connectivity index (χ1n) is 5.98. The van der Waals surface area contributed by atoms with Crippen molar-refractivity contribution in [1.29, 1.82) is 0 Å². The van der Waals surface area contributed by atoms with E-state index in [4.69, 9.17) is 30.7 Å². The molecule has 0 bridgehead atoms. The summed E-state index contributed by atoms with van der Waals surface area (Å²) in [6.45, 7) is -1.02. The first kappa shape index (κ1) is 19.7. The van der Waals surface area contributed by atoms with Crippen LogP contribution in [0.3, 0.4) is 0 Å². The molecule has 1 aliphatic heterocycles. The van der Waals surface area contributed by atoms with Crippen LogP contribution in [0.15, 0.2) is 5.11 Å². The van der Waals surface area contributed by atoms with Crippen molar-refractivity contribution in [2.45, 2.75) is 36.6 Å². The fourth-order valence-corrected chi connectivity index (χ4v) is 1.44. The normalized spacial score (nSPS) is 30.6. The highest BCUT2D eigenvalue weighted by atomic mass is 16.6. The number of nitrogens with zero attached hydrogens (tertiary/aromatic N) is 3. The van der Waals surface area contributed by atoms with Gasteiger partial charge in [-0.2, -0.15) is 0 Å². The minimum atomic E-state index is -1.46. The summed E-state index contributed by atoms with van der Waals surface area (Å²) in [5, 5.41) is 55.3. The van der Waals surface area contributed by atoms with E-state index < -0.39 is 43.2 Å². The number of aliphatic hydroxyl groups is 6. The van der Waals surface area contributed by atoms with E-state index in [0.717, 1.165) is 0 Å². The lowest BCUT2D eigenvalue weighted by atomic mass is 10.1. The number of carbonyl (C=O) groups excluding carboxylic acids is 1. The van der Waals surface area contributed by atoms with Crippen molar-refractivity contribution >= 4 is 6.29 Å². The molecule has 2 unspecified atom stereocenters. The van der Waals surface area contributed by atoms with Gasteiger partial charge in [-0.15, -0.1) is 0 Å². The molecule has 0 aromatic rings. The van der Waals surface area contributed by atoms with E-state index in [2.05, 4.69) is 10.0 Å². The highest BCUT2D eigenvalue weighted by Crippen LogP contribution is 2.21. The molecule has 11 heteroatoms. The molecular weight excluding hydrogens is 290 g/mol. The second kappa shape index (κ2) is 10.4. The van der Waals surface area contributed by atoms with Crippen LogP contribution in [0.25, 0.3) is 10.4 Å². The third-order valence-corrected chi connectivity index (χ3v) is 2.69. The van der Waals surface area contributed by atoms with Crippen molar-refractivity contribution in [2.24, 2.45) is 5.11 Å². The quantitative estimate of drug-likeness (QED) is 0.127. The Hall–Kier alpha value is -1.30. The van der Waals surface area contributed by atoms with Gasteiger partial charge >= 0.3 is 0 Å². The van der Waals surface area contributed by atoms with E-state index in [1.807, 2.05) is 0 Å². The first-order chi connectivity index (χ1) is 9.92. The van der Waals surface area contributed by atoms with Crippen LogP contribution in [0.4, 0.5) is 0 Å². The molecule has 6 atom stereocenters. The molecule has 1 heterocycles. The number of carbonyl (C=O) groups is 1. The maximum atomic E-state index is 9.58. The summed E-state index contributed by atoms with van der Waals surface area (Å²) >= 11 is 0. The van der Waals surface area contributed by atoms with Crippen LogP contribution >= 0.6 is 0 Å². The molecule has 0 saturated carbocycles. The molecule has 122 valence electrons. The van der Waals surface area contributed by atoms with Gasteiger partial charge in [0.15, 0.2) is 6.29 Å². The van der Waals surface area contributed by atoms with Crippen LogP contribution in [0.5, 0.6) is 0 Å². The summed E-state index contributed by atoms with van der Waals surface area (Å²) in [7, 11) is 0. The van der Waals surface area contributed by atoms with Gasteiger partial charge in [-0.25, -0.2) is 0 Å². The highest BCUT2D eigenvalue weighted by molar-refractivity contribution is 5.56. The second-order valence-electron chi connectivity index (χ2n) is 4.17. The zero-order valence-electron chi connectivity index (χ0n) is 11.0. The van der Waals surface area contributed by atoms with Crippen LogP contribution in [0.2, 0.25) is 0 Å². The van der Waals surface area contributed by atoms with Gasteiger partial charge < -0.3 is 40.2 Å². The molecule has 0 aromatic carbocycles. The average molecular weight is 309 g/mol. The lowest BCUT2D eigenvalue weighted by molar-refractivity contribution is -0.121. The molecule has 0 spiro atoms. The lowest BCUT2D eigenvalue weighted by Crippen LogP contribution is -2.34. The van der Waals surface area contributed by atoms with Gasteiger partial charge in [0.25, 0.3) is 0 Å². The number of aliphatic hydroxyl groups excluding tert-OH is 6. The summed E-state index contributed by atoms with van der Waals surface area (Å²) in [4.78, 5) is 12.1. The van der Waals surface area contributed by atoms with Gasteiger partial charge in [-0.3, -0.25) is 0 Å². The van der Waals surface area contributed by atoms with Gasteiger partial charge in [0, 0.05) is 4.91 Å². The SMILES string of the molecule is O=CC(O)C(O)CO.[N-]=[N+]=NC[C@@H]1O[C@H](CO)[C@@H](O)[C@@H]1O. The summed E-state index contributed by atoms with van der Waals surface area (Å²) in [6.07, 6.45) is -6.39. The fraction of sp³-hybridized carbons (Fsp3) is 0.900. The molecule has 6 N–H and O–H groups in total. The third kappa shape index (κ3) is 6.33. The molecule has 21 heavy (non-hydrogen) atoms. The van der Waals surface area contributed by atoms with Crippen molar-refractivity contribution in [3.05, 3.63) is 10.4 Å². The van der Waals surface area contributed by atoms with E-state index >= 15 is 0 Å². The van der Waals surface area contributed by atoms with E-state index in [9.17, 15) is 15.0 Å². The van der Waals surface area contributed by atoms with Crippen molar-refractivity contribution in [2.75, 3.05) is 19.8 Å². The van der Waals surface area contributed by atoms with Gasteiger partial charge in [0.05, 0.1) is 25.9 Å². The molecule has 1 rings (SSSR count). The Morgan fingerprint density at radius 1 is 1.24 bits per heavy atom. The minimum absolute atomic E-state index is 0.0504. The van der Waals surface area contributed by atoms with Crippen LogP contribution in [0, 0.1) is 0 Å². The molecule has 0 aromatic heterocycles. The number of azide groups is 1. The molecule has 0 amide bonds. The zero-order valence-corrected chi connectivity index (χ0v) is 11.0. The summed E-state index contributed by atoms with van der Waals surface area (Å²) in [5.74, 6) is 0. The third-order valence-electron chi connectivity index (χ3n) is 2.69. The lowest BCUT2D eigenvalue weighted by Gasteiger charge is -2.11. The van der Waals surface area contributed by atoms with E-state index in [-0.39, 0.29) is 19.4 Å². The smallest absolute Gasteiger partial charge is 0.151 e. The Morgan fingerprint density at radius 3 is 2.14 bits per heavy atom. The standard InChI is InChI=1S/C6H11N3O4.C4H8O4/c7-9-8-1-3-5(11)6(12)4(2-10)13-3;5-1-3(7)4(8)2-6/h3-6,10-12H,1-2H2;1,3-4,6-8H,2H2/t3-,4+,5+,6+;/m0./s1. The van der Waals surface area contributed by atoms with Crippen molar-refractivity contribution in [3.8, 4) is 0 Å². The second-order valence-corrected chi connectivity index (χ2v) is 4.17. The van der Waals surface area contributed by atoms with Gasteiger partial charge in [-0.1, -0.05) is 5.11 Å². The predicted molar refractivity (Wildman–Crippen MR) is 66.9 cm³/mol. The van der Waals surface area contributed by atoms with E-state index in [1.165, 1.54) is 0 Å².